The number of carbonyl (C=O) groups excluding carboxylic acids is 2. The van der Waals surface area contributed by atoms with Crippen LogP contribution in [-0.4, -0.2) is 62.0 Å². The van der Waals surface area contributed by atoms with Crippen molar-refractivity contribution < 1.29 is 19.1 Å². The van der Waals surface area contributed by atoms with Crippen LogP contribution in [0.4, 0.5) is 0 Å². The average molecular weight is 384 g/mol. The zero-order chi connectivity index (χ0) is 19.3. The molecule has 1 saturated carbocycles. The van der Waals surface area contributed by atoms with Gasteiger partial charge in [-0.05, 0) is 25.0 Å². The Labute approximate surface area is 165 Å². The number of nitrogens with zero attached hydrogens (tertiary/aromatic N) is 1. The molecule has 0 unspecified atom stereocenters. The highest BCUT2D eigenvalue weighted by Gasteiger charge is 2.30. The highest BCUT2D eigenvalue weighted by atomic mass is 16.5. The molecule has 6 nitrogen and oxygen atoms in total. The van der Waals surface area contributed by atoms with Crippen molar-refractivity contribution in [2.75, 3.05) is 39.5 Å². The summed E-state index contributed by atoms with van der Waals surface area (Å²) < 4.78 is 11.3. The number of ketones is 2. The molecule has 1 aromatic rings. The Bertz CT molecular complexity index is 762. The van der Waals surface area contributed by atoms with Crippen LogP contribution >= 0.6 is 0 Å². The van der Waals surface area contributed by atoms with Crippen molar-refractivity contribution in [2.45, 2.75) is 38.1 Å². The number of fused-ring (bicyclic) bond motifs is 1. The van der Waals surface area contributed by atoms with Gasteiger partial charge >= 0.3 is 0 Å². The van der Waals surface area contributed by atoms with E-state index in [1.54, 1.807) is 18.2 Å². The third-order valence-corrected chi connectivity index (χ3v) is 5.77. The zero-order valence-electron chi connectivity index (χ0n) is 16.2. The lowest BCUT2D eigenvalue weighted by atomic mass is 9.90. The maximum atomic E-state index is 12.9. The Morgan fingerprint density at radius 2 is 1.89 bits per heavy atom. The van der Waals surface area contributed by atoms with E-state index < -0.39 is 0 Å². The molecular formula is C22H28N2O4. The molecule has 2 fully saturated rings. The second-order valence-electron chi connectivity index (χ2n) is 7.71. The van der Waals surface area contributed by atoms with E-state index in [0.717, 1.165) is 45.7 Å². The molecule has 1 saturated heterocycles. The van der Waals surface area contributed by atoms with Crippen molar-refractivity contribution in [3.05, 3.63) is 41.1 Å². The Hall–Kier alpha value is -2.18. The molecule has 2 aliphatic carbocycles. The van der Waals surface area contributed by atoms with Gasteiger partial charge in [0.2, 0.25) is 5.78 Å². The van der Waals surface area contributed by atoms with E-state index in [2.05, 4.69) is 10.2 Å². The molecule has 0 spiro atoms. The summed E-state index contributed by atoms with van der Waals surface area (Å²) in [7, 11) is 0. The molecule has 1 aromatic carbocycles. The van der Waals surface area contributed by atoms with Gasteiger partial charge in [-0.3, -0.25) is 14.5 Å². The third kappa shape index (κ3) is 4.28. The number of morpholine rings is 1. The number of nitrogens with one attached hydrogen (secondary N) is 1. The van der Waals surface area contributed by atoms with Crippen molar-refractivity contribution in [1.29, 1.82) is 0 Å². The highest BCUT2D eigenvalue weighted by Crippen LogP contribution is 2.29. The van der Waals surface area contributed by atoms with Crippen LogP contribution in [0.25, 0.3) is 0 Å². The summed E-state index contributed by atoms with van der Waals surface area (Å²) in [4.78, 5) is 28.0. The monoisotopic (exact) mass is 384 g/mol. The van der Waals surface area contributed by atoms with Crippen LogP contribution in [0.1, 0.15) is 52.8 Å². The fraction of sp³-hybridized carbons (Fsp3) is 0.545. The van der Waals surface area contributed by atoms with Crippen LogP contribution < -0.4 is 10.1 Å². The first kappa shape index (κ1) is 19.2. The van der Waals surface area contributed by atoms with Crippen molar-refractivity contribution in [3.63, 3.8) is 0 Å². The van der Waals surface area contributed by atoms with Crippen LogP contribution in [0, 0.1) is 0 Å². The van der Waals surface area contributed by atoms with Crippen LogP contribution in [0.5, 0.6) is 5.75 Å². The quantitative estimate of drug-likeness (QED) is 0.813. The van der Waals surface area contributed by atoms with Crippen LogP contribution in [0.3, 0.4) is 0 Å². The van der Waals surface area contributed by atoms with Gasteiger partial charge in [0.15, 0.2) is 5.78 Å². The molecular weight excluding hydrogens is 356 g/mol. The van der Waals surface area contributed by atoms with Crippen LogP contribution in [-0.2, 0) is 4.74 Å². The molecule has 0 bridgehead atoms. The molecule has 0 atom stereocenters. The molecule has 0 radical (unpaired) electrons. The number of ether oxygens (including phenoxy) is 2. The normalized spacial score (nSPS) is 21.2. The summed E-state index contributed by atoms with van der Waals surface area (Å²) in [6.07, 6.45) is 7.15. The lowest BCUT2D eigenvalue weighted by molar-refractivity contribution is 0.0322. The molecule has 0 amide bonds. The standard InChI is InChI=1S/C22H28N2O4/c25-19-15-18(23-16-5-2-1-3-6-16)22(26)17-7-4-8-20(21(17)19)28-14-11-24-9-12-27-13-10-24/h4,7-8,15-16,23H,1-3,5-6,9-14H2. The minimum atomic E-state index is -0.158. The van der Waals surface area contributed by atoms with Crippen LogP contribution in [0.15, 0.2) is 30.0 Å². The van der Waals surface area contributed by atoms with E-state index in [1.165, 1.54) is 25.3 Å². The van der Waals surface area contributed by atoms with Crippen molar-refractivity contribution in [1.82, 2.24) is 10.2 Å². The summed E-state index contributed by atoms with van der Waals surface area (Å²) in [6.45, 7) is 4.54. The minimum Gasteiger partial charge on any atom is -0.491 e. The van der Waals surface area contributed by atoms with E-state index in [4.69, 9.17) is 9.47 Å². The lowest BCUT2D eigenvalue weighted by Gasteiger charge is -2.27. The van der Waals surface area contributed by atoms with E-state index >= 15 is 0 Å². The van der Waals surface area contributed by atoms with Gasteiger partial charge in [0.1, 0.15) is 12.4 Å². The van der Waals surface area contributed by atoms with Gasteiger partial charge in [-0.15, -0.1) is 0 Å². The van der Waals surface area contributed by atoms with Crippen molar-refractivity contribution in [3.8, 4) is 5.75 Å². The van der Waals surface area contributed by atoms with Gasteiger partial charge in [-0.2, -0.15) is 0 Å². The number of carbonyl (C=O) groups is 2. The number of hydrogen-bond acceptors (Lipinski definition) is 6. The van der Waals surface area contributed by atoms with Gasteiger partial charge in [0, 0.05) is 37.3 Å². The van der Waals surface area contributed by atoms with Gasteiger partial charge in [-0.25, -0.2) is 0 Å². The van der Waals surface area contributed by atoms with Gasteiger partial charge in [-0.1, -0.05) is 25.3 Å². The van der Waals surface area contributed by atoms with Crippen LogP contribution in [0.2, 0.25) is 0 Å². The third-order valence-electron chi connectivity index (χ3n) is 5.77. The molecule has 150 valence electrons. The lowest BCUT2D eigenvalue weighted by Crippen LogP contribution is -2.38. The number of rotatable bonds is 6. The molecule has 1 heterocycles. The first-order valence-electron chi connectivity index (χ1n) is 10.4. The Balaban J connectivity index is 1.44. The fourth-order valence-electron chi connectivity index (χ4n) is 4.19. The maximum absolute atomic E-state index is 12.9. The second-order valence-corrected chi connectivity index (χ2v) is 7.71. The fourth-order valence-corrected chi connectivity index (χ4v) is 4.19. The predicted octanol–water partition coefficient (Wildman–Crippen LogP) is 2.58. The van der Waals surface area contributed by atoms with E-state index in [9.17, 15) is 9.59 Å². The van der Waals surface area contributed by atoms with E-state index in [1.807, 2.05) is 0 Å². The Kier molecular flexibility index (Phi) is 6.07. The highest BCUT2D eigenvalue weighted by molar-refractivity contribution is 6.25. The van der Waals surface area contributed by atoms with Gasteiger partial charge < -0.3 is 14.8 Å². The molecule has 4 rings (SSSR count). The van der Waals surface area contributed by atoms with E-state index in [0.29, 0.717) is 29.2 Å². The number of hydrogen-bond donors (Lipinski definition) is 1. The largest absolute Gasteiger partial charge is 0.491 e. The number of allylic oxidation sites excluding steroid dienone is 2. The summed E-state index contributed by atoms with van der Waals surface area (Å²) in [5.74, 6) is 0.228. The molecule has 28 heavy (non-hydrogen) atoms. The van der Waals surface area contributed by atoms with Gasteiger partial charge in [0.25, 0.3) is 0 Å². The molecule has 1 aliphatic heterocycles. The minimum absolute atomic E-state index is 0.112. The number of benzene rings is 1. The molecule has 6 heteroatoms. The first-order valence-corrected chi connectivity index (χ1v) is 10.4. The SMILES string of the molecule is O=C1C(NC2CCCCC2)=CC(=O)c2c(OCCN3CCOCC3)cccc21. The summed E-state index contributed by atoms with van der Waals surface area (Å²) >= 11 is 0. The Morgan fingerprint density at radius 1 is 1.11 bits per heavy atom. The summed E-state index contributed by atoms with van der Waals surface area (Å²) in [5.41, 5.74) is 1.26. The number of Topliss-reactive ketones (excluding diaryl/α,β-unsaturated/α-hetero) is 1. The molecule has 0 aromatic heterocycles. The summed E-state index contributed by atoms with van der Waals surface area (Å²) in [5, 5.41) is 3.32. The Morgan fingerprint density at radius 3 is 2.68 bits per heavy atom. The van der Waals surface area contributed by atoms with Crippen molar-refractivity contribution in [2.24, 2.45) is 0 Å². The first-order chi connectivity index (χ1) is 13.7. The average Bonchev–Trinajstić information content (AvgIpc) is 2.73. The molecule has 1 N–H and O–H groups in total. The zero-order valence-corrected chi connectivity index (χ0v) is 16.2. The van der Waals surface area contributed by atoms with Gasteiger partial charge in [0.05, 0.1) is 24.5 Å². The van der Waals surface area contributed by atoms with E-state index in [-0.39, 0.29) is 17.6 Å². The predicted molar refractivity (Wildman–Crippen MR) is 106 cm³/mol. The second kappa shape index (κ2) is 8.88. The molecule has 3 aliphatic rings. The maximum Gasteiger partial charge on any atom is 0.209 e. The summed E-state index contributed by atoms with van der Waals surface area (Å²) in [6, 6.07) is 5.57. The van der Waals surface area contributed by atoms with Crippen molar-refractivity contribution >= 4 is 11.6 Å². The smallest absolute Gasteiger partial charge is 0.209 e. The topological polar surface area (TPSA) is 67.9 Å².